The zero-order chi connectivity index (χ0) is 16.3. The van der Waals surface area contributed by atoms with E-state index in [2.05, 4.69) is 9.97 Å². The van der Waals surface area contributed by atoms with Gasteiger partial charge in [0.1, 0.15) is 16.7 Å². The summed E-state index contributed by atoms with van der Waals surface area (Å²) in [5.74, 6) is 1.32. The molecule has 2 heterocycles. The molecule has 2 N–H and O–H groups in total. The second kappa shape index (κ2) is 6.51. The zero-order valence-electron chi connectivity index (χ0n) is 12.5. The number of rotatable bonds is 4. The first-order valence-corrected chi connectivity index (χ1v) is 8.88. The summed E-state index contributed by atoms with van der Waals surface area (Å²) in [6.45, 7) is 1.47. The Labute approximate surface area is 135 Å². The summed E-state index contributed by atoms with van der Waals surface area (Å²) in [5.41, 5.74) is 0. The Morgan fingerprint density at radius 2 is 1.87 bits per heavy atom. The fourth-order valence-corrected chi connectivity index (χ4v) is 2.93. The van der Waals surface area contributed by atoms with Crippen LogP contribution >= 0.6 is 0 Å². The number of anilines is 1. The van der Waals surface area contributed by atoms with Gasteiger partial charge >= 0.3 is 0 Å². The van der Waals surface area contributed by atoms with E-state index in [1.165, 1.54) is 12.4 Å². The van der Waals surface area contributed by atoms with E-state index in [0.29, 0.717) is 12.5 Å². The third kappa shape index (κ3) is 3.96. The normalized spacial score (nSPS) is 18.7. The molecule has 7 nitrogen and oxygen atoms in total. The first kappa shape index (κ1) is 15.7. The van der Waals surface area contributed by atoms with E-state index < -0.39 is 10.0 Å². The standard InChI is InChI=1S/C15H18N4O3S/c16-23(20,21)14-9-17-15(18-10-14)19-8-4-7-13(11-19)22-12-5-2-1-3-6-12/h1-3,5-6,9-10,13H,4,7-8,11H2,(H2,16,20,21). The van der Waals surface area contributed by atoms with Crippen molar-refractivity contribution in [2.75, 3.05) is 18.0 Å². The number of piperidine rings is 1. The lowest BCUT2D eigenvalue weighted by Gasteiger charge is -2.32. The molecule has 1 aromatic heterocycles. The summed E-state index contributed by atoms with van der Waals surface area (Å²) in [6, 6.07) is 9.67. The molecule has 2 aromatic rings. The molecule has 122 valence electrons. The predicted octanol–water partition coefficient (Wildman–Crippen LogP) is 1.17. The van der Waals surface area contributed by atoms with Gasteiger partial charge in [0.15, 0.2) is 0 Å². The largest absolute Gasteiger partial charge is 0.489 e. The van der Waals surface area contributed by atoms with Crippen LogP contribution in [0.15, 0.2) is 47.6 Å². The van der Waals surface area contributed by atoms with E-state index in [-0.39, 0.29) is 11.0 Å². The third-order valence-corrected chi connectivity index (χ3v) is 4.52. The van der Waals surface area contributed by atoms with Crippen LogP contribution in [0.5, 0.6) is 5.75 Å². The van der Waals surface area contributed by atoms with Crippen LogP contribution in [0.25, 0.3) is 0 Å². The molecule has 0 saturated carbocycles. The molecule has 23 heavy (non-hydrogen) atoms. The molecule has 1 unspecified atom stereocenters. The Hall–Kier alpha value is -2.19. The molecule has 8 heteroatoms. The molecule has 1 atom stereocenters. The number of hydrogen-bond donors (Lipinski definition) is 1. The highest BCUT2D eigenvalue weighted by atomic mass is 32.2. The van der Waals surface area contributed by atoms with Crippen LogP contribution in [-0.2, 0) is 10.0 Å². The van der Waals surface area contributed by atoms with Crippen molar-refractivity contribution in [2.24, 2.45) is 5.14 Å². The van der Waals surface area contributed by atoms with Crippen LogP contribution in [0.1, 0.15) is 12.8 Å². The summed E-state index contributed by atoms with van der Waals surface area (Å²) in [4.78, 5) is 10.1. The van der Waals surface area contributed by atoms with Crippen LogP contribution < -0.4 is 14.8 Å². The van der Waals surface area contributed by atoms with Crippen LogP contribution in [0.2, 0.25) is 0 Å². The van der Waals surface area contributed by atoms with Crippen molar-refractivity contribution in [3.05, 3.63) is 42.7 Å². The lowest BCUT2D eigenvalue weighted by Crippen LogP contribution is -2.42. The molecule has 0 spiro atoms. The maximum atomic E-state index is 11.2. The van der Waals surface area contributed by atoms with Gasteiger partial charge in [-0.3, -0.25) is 0 Å². The lowest BCUT2D eigenvalue weighted by atomic mass is 10.1. The van der Waals surface area contributed by atoms with Gasteiger partial charge in [0.2, 0.25) is 16.0 Å². The maximum Gasteiger partial charge on any atom is 0.241 e. The molecule has 0 radical (unpaired) electrons. The number of sulfonamides is 1. The van der Waals surface area contributed by atoms with E-state index >= 15 is 0 Å². The topological polar surface area (TPSA) is 98.4 Å². The van der Waals surface area contributed by atoms with Gasteiger partial charge < -0.3 is 9.64 Å². The van der Waals surface area contributed by atoms with Crippen molar-refractivity contribution in [3.63, 3.8) is 0 Å². The average Bonchev–Trinajstić information content (AvgIpc) is 2.55. The Morgan fingerprint density at radius 1 is 1.17 bits per heavy atom. The van der Waals surface area contributed by atoms with Crippen molar-refractivity contribution in [3.8, 4) is 5.75 Å². The van der Waals surface area contributed by atoms with E-state index in [1.807, 2.05) is 35.2 Å². The summed E-state index contributed by atoms with van der Waals surface area (Å²) in [7, 11) is -3.77. The number of aromatic nitrogens is 2. The Balaban J connectivity index is 1.68. The molecule has 0 bridgehead atoms. The average molecular weight is 334 g/mol. The molecule has 0 amide bonds. The summed E-state index contributed by atoms with van der Waals surface area (Å²) in [5, 5.41) is 5.05. The number of ether oxygens (including phenoxy) is 1. The van der Waals surface area contributed by atoms with E-state index in [1.54, 1.807) is 0 Å². The molecule has 1 aliphatic rings. The molecule has 1 aromatic carbocycles. The van der Waals surface area contributed by atoms with Crippen LogP contribution in [-0.4, -0.2) is 37.6 Å². The number of para-hydroxylation sites is 1. The first-order chi connectivity index (χ1) is 11.0. The van der Waals surface area contributed by atoms with Gasteiger partial charge in [0.25, 0.3) is 0 Å². The van der Waals surface area contributed by atoms with Crippen molar-refractivity contribution in [1.82, 2.24) is 9.97 Å². The van der Waals surface area contributed by atoms with E-state index in [9.17, 15) is 8.42 Å². The van der Waals surface area contributed by atoms with Gasteiger partial charge in [0, 0.05) is 6.54 Å². The third-order valence-electron chi connectivity index (χ3n) is 3.65. The Bertz CT molecular complexity index is 750. The second-order valence-electron chi connectivity index (χ2n) is 5.40. The monoisotopic (exact) mass is 334 g/mol. The van der Waals surface area contributed by atoms with Gasteiger partial charge in [-0.15, -0.1) is 0 Å². The van der Waals surface area contributed by atoms with Gasteiger partial charge in [-0.05, 0) is 25.0 Å². The predicted molar refractivity (Wildman–Crippen MR) is 85.7 cm³/mol. The van der Waals surface area contributed by atoms with Crippen molar-refractivity contribution in [2.45, 2.75) is 23.8 Å². The van der Waals surface area contributed by atoms with Crippen LogP contribution in [0.4, 0.5) is 5.95 Å². The van der Waals surface area contributed by atoms with E-state index in [0.717, 1.165) is 25.1 Å². The zero-order valence-corrected chi connectivity index (χ0v) is 13.3. The minimum Gasteiger partial charge on any atom is -0.489 e. The van der Waals surface area contributed by atoms with Gasteiger partial charge in [0.05, 0.1) is 18.9 Å². The van der Waals surface area contributed by atoms with Crippen molar-refractivity contribution in [1.29, 1.82) is 0 Å². The lowest BCUT2D eigenvalue weighted by molar-refractivity contribution is 0.178. The van der Waals surface area contributed by atoms with Gasteiger partial charge in [-0.25, -0.2) is 23.5 Å². The minimum absolute atomic E-state index is 0.0488. The Kier molecular flexibility index (Phi) is 4.44. The molecule has 3 rings (SSSR count). The fraction of sp³-hybridized carbons (Fsp3) is 0.333. The van der Waals surface area contributed by atoms with E-state index in [4.69, 9.17) is 9.88 Å². The molecule has 1 aliphatic heterocycles. The molecule has 0 aliphatic carbocycles. The number of primary sulfonamides is 1. The second-order valence-corrected chi connectivity index (χ2v) is 6.97. The van der Waals surface area contributed by atoms with Gasteiger partial charge in [-0.2, -0.15) is 0 Å². The summed E-state index contributed by atoms with van der Waals surface area (Å²) >= 11 is 0. The molecular formula is C15H18N4O3S. The summed E-state index contributed by atoms with van der Waals surface area (Å²) in [6.07, 6.45) is 4.43. The highest BCUT2D eigenvalue weighted by molar-refractivity contribution is 7.89. The smallest absolute Gasteiger partial charge is 0.241 e. The first-order valence-electron chi connectivity index (χ1n) is 7.34. The highest BCUT2D eigenvalue weighted by Crippen LogP contribution is 2.21. The van der Waals surface area contributed by atoms with Crippen LogP contribution in [0.3, 0.4) is 0 Å². The summed E-state index contributed by atoms with van der Waals surface area (Å²) < 4.78 is 28.5. The van der Waals surface area contributed by atoms with Crippen LogP contribution in [0, 0.1) is 0 Å². The maximum absolute atomic E-state index is 11.2. The Morgan fingerprint density at radius 3 is 2.52 bits per heavy atom. The number of nitrogens with zero attached hydrogens (tertiary/aromatic N) is 3. The fourth-order valence-electron chi connectivity index (χ4n) is 2.53. The number of nitrogens with two attached hydrogens (primary N) is 1. The van der Waals surface area contributed by atoms with Crippen molar-refractivity contribution < 1.29 is 13.2 Å². The molecular weight excluding hydrogens is 316 g/mol. The molecule has 1 fully saturated rings. The number of hydrogen-bond acceptors (Lipinski definition) is 6. The molecule has 1 saturated heterocycles. The highest BCUT2D eigenvalue weighted by Gasteiger charge is 2.23. The SMILES string of the molecule is NS(=O)(=O)c1cnc(N2CCCC(Oc3ccccc3)C2)nc1. The minimum atomic E-state index is -3.77. The van der Waals surface area contributed by atoms with Gasteiger partial charge in [-0.1, -0.05) is 18.2 Å². The number of benzene rings is 1. The quantitative estimate of drug-likeness (QED) is 0.901. The van der Waals surface area contributed by atoms with Crippen molar-refractivity contribution >= 4 is 16.0 Å².